The number of piperazine rings is 1. The van der Waals surface area contributed by atoms with Gasteiger partial charge in [0.15, 0.2) is 0 Å². The number of aryl methyl sites for hydroxylation is 1. The third-order valence-electron chi connectivity index (χ3n) is 5.15. The van der Waals surface area contributed by atoms with Gasteiger partial charge in [-0.1, -0.05) is 24.3 Å². The summed E-state index contributed by atoms with van der Waals surface area (Å²) < 4.78 is 5.33. The first-order chi connectivity index (χ1) is 10.2. The predicted molar refractivity (Wildman–Crippen MR) is 79.6 cm³/mol. The molecule has 3 aliphatic rings. The molecule has 110 valence electrons. The van der Waals surface area contributed by atoms with Crippen molar-refractivity contribution >= 4 is 5.91 Å². The Morgan fingerprint density at radius 1 is 1.38 bits per heavy atom. The van der Waals surface area contributed by atoms with E-state index in [4.69, 9.17) is 4.74 Å². The maximum Gasteiger partial charge on any atom is 0.240 e. The zero-order chi connectivity index (χ0) is 14.6. The molecule has 0 saturated carbocycles. The van der Waals surface area contributed by atoms with Crippen LogP contribution < -0.4 is 5.32 Å². The van der Waals surface area contributed by atoms with E-state index in [1.54, 1.807) is 7.11 Å². The van der Waals surface area contributed by atoms with Gasteiger partial charge in [-0.3, -0.25) is 4.79 Å². The highest BCUT2D eigenvalue weighted by molar-refractivity contribution is 5.95. The molecule has 2 aliphatic heterocycles. The second-order valence-corrected chi connectivity index (χ2v) is 6.24. The molecule has 1 aliphatic carbocycles. The minimum Gasteiger partial charge on any atom is -0.500 e. The van der Waals surface area contributed by atoms with Crippen molar-refractivity contribution in [3.8, 4) is 0 Å². The van der Waals surface area contributed by atoms with Crippen LogP contribution in [0.25, 0.3) is 0 Å². The molecule has 0 aromatic heterocycles. The first-order valence-corrected chi connectivity index (χ1v) is 7.55. The van der Waals surface area contributed by atoms with E-state index in [2.05, 4.69) is 41.4 Å². The van der Waals surface area contributed by atoms with Crippen molar-refractivity contribution < 1.29 is 9.53 Å². The van der Waals surface area contributed by atoms with Crippen molar-refractivity contribution in [3.05, 3.63) is 47.2 Å². The van der Waals surface area contributed by atoms with Crippen LogP contribution in [0.15, 0.2) is 36.1 Å². The summed E-state index contributed by atoms with van der Waals surface area (Å²) in [5.74, 6) is 1.08. The zero-order valence-electron chi connectivity index (χ0n) is 12.4. The Morgan fingerprint density at radius 2 is 2.19 bits per heavy atom. The number of benzene rings is 1. The Labute approximate surface area is 124 Å². The van der Waals surface area contributed by atoms with Crippen molar-refractivity contribution in [3.63, 3.8) is 0 Å². The van der Waals surface area contributed by atoms with Gasteiger partial charge in [0, 0.05) is 13.1 Å². The number of carbonyl (C=O) groups is 1. The monoisotopic (exact) mass is 284 g/mol. The number of rotatable bonds is 2. The van der Waals surface area contributed by atoms with Crippen molar-refractivity contribution in [1.82, 2.24) is 10.2 Å². The molecule has 1 spiro atoms. The van der Waals surface area contributed by atoms with Crippen LogP contribution in [0.1, 0.15) is 23.6 Å². The first-order valence-electron chi connectivity index (χ1n) is 7.55. The van der Waals surface area contributed by atoms with E-state index >= 15 is 0 Å². The van der Waals surface area contributed by atoms with Gasteiger partial charge in [-0.15, -0.1) is 0 Å². The Morgan fingerprint density at radius 3 is 2.90 bits per heavy atom. The molecule has 3 unspecified atom stereocenters. The van der Waals surface area contributed by atoms with E-state index in [1.165, 1.54) is 11.1 Å². The largest absolute Gasteiger partial charge is 0.500 e. The van der Waals surface area contributed by atoms with Gasteiger partial charge < -0.3 is 15.0 Å². The molecule has 4 rings (SSSR count). The summed E-state index contributed by atoms with van der Waals surface area (Å²) in [7, 11) is 1.66. The van der Waals surface area contributed by atoms with Crippen LogP contribution in [-0.4, -0.2) is 37.0 Å². The van der Waals surface area contributed by atoms with E-state index in [1.807, 2.05) is 6.08 Å². The van der Waals surface area contributed by atoms with Crippen molar-refractivity contribution in [1.29, 1.82) is 0 Å². The fraction of sp³-hybridized carbons (Fsp3) is 0.471. The van der Waals surface area contributed by atoms with E-state index < -0.39 is 5.41 Å². The summed E-state index contributed by atoms with van der Waals surface area (Å²) in [5, 5.41) is 3.61. The molecule has 0 bridgehead atoms. The molecule has 0 radical (unpaired) electrons. The number of methoxy groups -OCH3 is 1. The molecule has 1 aromatic rings. The summed E-state index contributed by atoms with van der Waals surface area (Å²) in [4.78, 5) is 14.8. The number of nitrogens with one attached hydrogen (secondary N) is 1. The predicted octanol–water partition coefficient (Wildman–Crippen LogP) is 1.77. The molecular formula is C17H20N2O2. The number of nitrogens with zero attached hydrogens (tertiary/aromatic N) is 1. The smallest absolute Gasteiger partial charge is 0.240 e. The van der Waals surface area contributed by atoms with Gasteiger partial charge in [-0.2, -0.15) is 0 Å². The first kappa shape index (κ1) is 12.9. The summed E-state index contributed by atoms with van der Waals surface area (Å²) in [6, 6.07) is 8.88. The second-order valence-electron chi connectivity index (χ2n) is 6.24. The van der Waals surface area contributed by atoms with E-state index in [9.17, 15) is 4.79 Å². The number of fused-ring (bicyclic) bond motifs is 1. The van der Waals surface area contributed by atoms with Crippen molar-refractivity contribution in [2.24, 2.45) is 5.41 Å². The quantitative estimate of drug-likeness (QED) is 0.900. The van der Waals surface area contributed by atoms with Gasteiger partial charge in [0.25, 0.3) is 0 Å². The second kappa shape index (κ2) is 4.34. The SMILES string of the molecule is COC1=CC12CC1C(c3ccccc3C)NCCN1C2=O. The topological polar surface area (TPSA) is 41.6 Å². The van der Waals surface area contributed by atoms with Gasteiger partial charge in [0.1, 0.15) is 11.2 Å². The highest BCUT2D eigenvalue weighted by atomic mass is 16.5. The van der Waals surface area contributed by atoms with E-state index in [-0.39, 0.29) is 18.0 Å². The van der Waals surface area contributed by atoms with Crippen LogP contribution >= 0.6 is 0 Å². The average molecular weight is 284 g/mol. The van der Waals surface area contributed by atoms with Gasteiger partial charge >= 0.3 is 0 Å². The fourth-order valence-corrected chi connectivity index (χ4v) is 3.98. The van der Waals surface area contributed by atoms with Crippen molar-refractivity contribution in [2.75, 3.05) is 20.2 Å². The lowest BCUT2D eigenvalue weighted by Gasteiger charge is -2.38. The minimum atomic E-state index is -0.424. The lowest BCUT2D eigenvalue weighted by Crippen LogP contribution is -2.51. The fourth-order valence-electron chi connectivity index (χ4n) is 3.98. The molecule has 1 aromatic carbocycles. The lowest BCUT2D eigenvalue weighted by atomic mass is 9.89. The summed E-state index contributed by atoms with van der Waals surface area (Å²) in [6.07, 6.45) is 2.82. The van der Waals surface area contributed by atoms with Crippen LogP contribution in [0.3, 0.4) is 0 Å². The van der Waals surface area contributed by atoms with Crippen LogP contribution in [0.2, 0.25) is 0 Å². The summed E-state index contributed by atoms with van der Waals surface area (Å²) in [6.45, 7) is 3.77. The van der Waals surface area contributed by atoms with Gasteiger partial charge in [0.05, 0.1) is 19.2 Å². The Hall–Kier alpha value is -1.81. The highest BCUT2D eigenvalue weighted by Gasteiger charge is 2.63. The molecule has 3 atom stereocenters. The number of hydrogen-bond donors (Lipinski definition) is 1. The van der Waals surface area contributed by atoms with Crippen LogP contribution in [0.4, 0.5) is 0 Å². The Balaban J connectivity index is 1.67. The molecule has 2 saturated heterocycles. The summed E-state index contributed by atoms with van der Waals surface area (Å²) in [5.41, 5.74) is 2.16. The molecule has 2 heterocycles. The number of hydrogen-bond acceptors (Lipinski definition) is 3. The van der Waals surface area contributed by atoms with Crippen LogP contribution in [0, 0.1) is 12.3 Å². The average Bonchev–Trinajstić information content (AvgIpc) is 3.14. The lowest BCUT2D eigenvalue weighted by molar-refractivity contribution is -0.134. The van der Waals surface area contributed by atoms with Gasteiger partial charge in [-0.25, -0.2) is 0 Å². The van der Waals surface area contributed by atoms with Crippen molar-refractivity contribution in [2.45, 2.75) is 25.4 Å². The molecule has 2 fully saturated rings. The van der Waals surface area contributed by atoms with E-state index in [0.29, 0.717) is 0 Å². The highest BCUT2D eigenvalue weighted by Crippen LogP contribution is 2.56. The van der Waals surface area contributed by atoms with Gasteiger partial charge in [0.2, 0.25) is 5.91 Å². The molecule has 4 nitrogen and oxygen atoms in total. The minimum absolute atomic E-state index is 0.218. The van der Waals surface area contributed by atoms with Crippen LogP contribution in [-0.2, 0) is 9.53 Å². The molecule has 1 amide bonds. The summed E-state index contributed by atoms with van der Waals surface area (Å²) >= 11 is 0. The Kier molecular flexibility index (Phi) is 2.67. The molecule has 1 N–H and O–H groups in total. The van der Waals surface area contributed by atoms with E-state index in [0.717, 1.165) is 25.3 Å². The normalized spacial score (nSPS) is 33.9. The maximum absolute atomic E-state index is 12.7. The standard InChI is InChI=1S/C17H20N2O2/c1-11-5-3-4-6-12(11)15-13-9-17(10-14(17)21-2)16(20)19(13)8-7-18-15/h3-6,10,13,15,18H,7-9H2,1-2H3. The zero-order valence-corrected chi connectivity index (χ0v) is 12.4. The number of carbonyl (C=O) groups excluding carboxylic acids is 1. The third-order valence-corrected chi connectivity index (χ3v) is 5.15. The van der Waals surface area contributed by atoms with Crippen LogP contribution in [0.5, 0.6) is 0 Å². The van der Waals surface area contributed by atoms with Gasteiger partial charge in [-0.05, 0) is 30.5 Å². The number of ether oxygens (including phenoxy) is 1. The Bertz CT molecular complexity index is 639. The molecule has 4 heteroatoms. The number of amides is 1. The molecule has 21 heavy (non-hydrogen) atoms. The molecular weight excluding hydrogens is 264 g/mol. The maximum atomic E-state index is 12.7. The third kappa shape index (κ3) is 1.69.